The van der Waals surface area contributed by atoms with Crippen molar-refractivity contribution in [3.63, 3.8) is 0 Å². The highest BCUT2D eigenvalue weighted by Crippen LogP contribution is 2.33. The molecule has 0 bridgehead atoms. The molecule has 1 heterocycles. The Bertz CT molecular complexity index is 651. The van der Waals surface area contributed by atoms with Crippen LogP contribution in [0.25, 0.3) is 0 Å². The highest BCUT2D eigenvalue weighted by atomic mass is 16.5. The summed E-state index contributed by atoms with van der Waals surface area (Å²) in [5.74, 6) is 0.343. The third kappa shape index (κ3) is 4.59. The third-order valence-electron chi connectivity index (χ3n) is 4.20. The Kier molecular flexibility index (Phi) is 6.56. The van der Waals surface area contributed by atoms with E-state index in [4.69, 9.17) is 4.74 Å². The summed E-state index contributed by atoms with van der Waals surface area (Å²) < 4.78 is 5.43. The Morgan fingerprint density at radius 2 is 1.88 bits per heavy atom. The van der Waals surface area contributed by atoms with Crippen LogP contribution in [0.3, 0.4) is 0 Å². The summed E-state index contributed by atoms with van der Waals surface area (Å²) in [6, 6.07) is 5.05. The lowest BCUT2D eigenvalue weighted by atomic mass is 10.1. The number of ether oxygens (including phenoxy) is 1. The van der Waals surface area contributed by atoms with Crippen LogP contribution in [-0.2, 0) is 9.59 Å². The second kappa shape index (κ2) is 8.65. The van der Waals surface area contributed by atoms with Gasteiger partial charge in [-0.05, 0) is 38.0 Å². The standard InChI is InChI=1S/C19H26N2O4/c1-4-9-20(10-5-2)18(23)8-11-21-16-12-15(14(3)22)6-7-17(16)25-13-19(21)24/h6-7,12H,4-5,8-11,13H2,1-3H3. The van der Waals surface area contributed by atoms with Gasteiger partial charge in [0.1, 0.15) is 5.75 Å². The van der Waals surface area contributed by atoms with Gasteiger partial charge < -0.3 is 14.5 Å². The molecule has 0 aliphatic carbocycles. The molecule has 0 aromatic heterocycles. The Balaban J connectivity index is 2.14. The topological polar surface area (TPSA) is 66.9 Å². The second-order valence-corrected chi connectivity index (χ2v) is 6.20. The van der Waals surface area contributed by atoms with Crippen molar-refractivity contribution in [1.82, 2.24) is 4.90 Å². The number of hydrogen-bond acceptors (Lipinski definition) is 4. The van der Waals surface area contributed by atoms with Crippen molar-refractivity contribution in [2.75, 3.05) is 31.1 Å². The van der Waals surface area contributed by atoms with Gasteiger partial charge >= 0.3 is 0 Å². The summed E-state index contributed by atoms with van der Waals surface area (Å²) in [6.07, 6.45) is 2.08. The molecule has 0 saturated heterocycles. The van der Waals surface area contributed by atoms with Crippen LogP contribution in [0.5, 0.6) is 5.75 Å². The molecule has 6 nitrogen and oxygen atoms in total. The quantitative estimate of drug-likeness (QED) is 0.679. The third-order valence-corrected chi connectivity index (χ3v) is 4.20. The minimum Gasteiger partial charge on any atom is -0.482 e. The van der Waals surface area contributed by atoms with E-state index >= 15 is 0 Å². The molecule has 1 aromatic carbocycles. The summed E-state index contributed by atoms with van der Waals surface area (Å²) in [6.45, 7) is 7.27. The number of hydrogen-bond donors (Lipinski definition) is 0. The van der Waals surface area contributed by atoms with Gasteiger partial charge in [-0.2, -0.15) is 0 Å². The number of ketones is 1. The number of benzene rings is 1. The van der Waals surface area contributed by atoms with Gasteiger partial charge in [0, 0.05) is 31.6 Å². The number of carbonyl (C=O) groups is 3. The molecule has 0 saturated carbocycles. The zero-order chi connectivity index (χ0) is 18.4. The van der Waals surface area contributed by atoms with Gasteiger partial charge in [-0.25, -0.2) is 0 Å². The molecular formula is C19H26N2O4. The minimum atomic E-state index is -0.196. The predicted molar refractivity (Wildman–Crippen MR) is 96.1 cm³/mol. The van der Waals surface area contributed by atoms with Crippen molar-refractivity contribution < 1.29 is 19.1 Å². The van der Waals surface area contributed by atoms with Crippen LogP contribution < -0.4 is 9.64 Å². The van der Waals surface area contributed by atoms with E-state index in [0.29, 0.717) is 23.5 Å². The number of anilines is 1. The normalized spacial score (nSPS) is 13.2. The van der Waals surface area contributed by atoms with Crippen molar-refractivity contribution in [1.29, 1.82) is 0 Å². The SMILES string of the molecule is CCCN(CCC)C(=O)CCN1C(=O)COc2ccc(C(C)=O)cc21. The fourth-order valence-corrected chi connectivity index (χ4v) is 2.93. The number of carbonyl (C=O) groups excluding carboxylic acids is 3. The maximum Gasteiger partial charge on any atom is 0.265 e. The molecule has 6 heteroatoms. The first kappa shape index (κ1) is 19.0. The molecule has 2 rings (SSSR count). The summed E-state index contributed by atoms with van der Waals surface area (Å²) in [7, 11) is 0. The van der Waals surface area contributed by atoms with E-state index in [1.54, 1.807) is 23.1 Å². The van der Waals surface area contributed by atoms with Crippen LogP contribution in [0.4, 0.5) is 5.69 Å². The molecule has 0 fully saturated rings. The molecule has 25 heavy (non-hydrogen) atoms. The van der Waals surface area contributed by atoms with Crippen LogP contribution in [-0.4, -0.2) is 48.7 Å². The van der Waals surface area contributed by atoms with Crippen molar-refractivity contribution >= 4 is 23.3 Å². The van der Waals surface area contributed by atoms with Crippen LogP contribution in [0, 0.1) is 0 Å². The van der Waals surface area contributed by atoms with Crippen LogP contribution in [0.1, 0.15) is 50.4 Å². The van der Waals surface area contributed by atoms with E-state index < -0.39 is 0 Å². The van der Waals surface area contributed by atoms with Crippen molar-refractivity contribution in [3.05, 3.63) is 23.8 Å². The van der Waals surface area contributed by atoms with Crippen molar-refractivity contribution in [2.24, 2.45) is 0 Å². The van der Waals surface area contributed by atoms with Gasteiger partial charge in [0.25, 0.3) is 5.91 Å². The highest BCUT2D eigenvalue weighted by molar-refractivity contribution is 6.01. The smallest absolute Gasteiger partial charge is 0.265 e. The van der Waals surface area contributed by atoms with Gasteiger partial charge in [0.15, 0.2) is 12.4 Å². The molecule has 0 unspecified atom stereocenters. The van der Waals surface area contributed by atoms with Gasteiger partial charge in [0.05, 0.1) is 5.69 Å². The van der Waals surface area contributed by atoms with E-state index in [2.05, 4.69) is 0 Å². The van der Waals surface area contributed by atoms with E-state index in [0.717, 1.165) is 25.9 Å². The van der Waals surface area contributed by atoms with Crippen molar-refractivity contribution in [2.45, 2.75) is 40.0 Å². The summed E-state index contributed by atoms with van der Waals surface area (Å²) >= 11 is 0. The highest BCUT2D eigenvalue weighted by Gasteiger charge is 2.27. The fraction of sp³-hybridized carbons (Fsp3) is 0.526. The van der Waals surface area contributed by atoms with Gasteiger partial charge in [0.2, 0.25) is 5.91 Å². The number of nitrogens with zero attached hydrogens (tertiary/aromatic N) is 2. The lowest BCUT2D eigenvalue weighted by Gasteiger charge is -2.30. The van der Waals surface area contributed by atoms with Crippen molar-refractivity contribution in [3.8, 4) is 5.75 Å². The first-order valence-corrected chi connectivity index (χ1v) is 8.83. The van der Waals surface area contributed by atoms with E-state index in [1.807, 2.05) is 18.7 Å². The number of Topliss-reactive ketones (excluding diaryl/α,β-unsaturated/α-hetero) is 1. The lowest BCUT2D eigenvalue weighted by Crippen LogP contribution is -2.42. The van der Waals surface area contributed by atoms with Crippen LogP contribution in [0.2, 0.25) is 0 Å². The fourth-order valence-electron chi connectivity index (χ4n) is 2.93. The van der Waals surface area contributed by atoms with Crippen LogP contribution in [0.15, 0.2) is 18.2 Å². The Labute approximate surface area is 148 Å². The predicted octanol–water partition coefficient (Wildman–Crippen LogP) is 2.65. The molecule has 0 spiro atoms. The average molecular weight is 346 g/mol. The number of amides is 2. The molecule has 1 aliphatic heterocycles. The van der Waals surface area contributed by atoms with E-state index in [9.17, 15) is 14.4 Å². The Hall–Kier alpha value is -2.37. The summed E-state index contributed by atoms with van der Waals surface area (Å²) in [5.41, 5.74) is 1.08. The molecule has 1 aliphatic rings. The summed E-state index contributed by atoms with van der Waals surface area (Å²) in [4.78, 5) is 39.7. The second-order valence-electron chi connectivity index (χ2n) is 6.20. The zero-order valence-electron chi connectivity index (χ0n) is 15.2. The first-order chi connectivity index (χ1) is 12.0. The molecular weight excluding hydrogens is 320 g/mol. The molecule has 0 atom stereocenters. The molecule has 136 valence electrons. The molecule has 1 aromatic rings. The largest absolute Gasteiger partial charge is 0.482 e. The van der Waals surface area contributed by atoms with Gasteiger partial charge in [-0.15, -0.1) is 0 Å². The number of fused-ring (bicyclic) bond motifs is 1. The van der Waals surface area contributed by atoms with E-state index in [1.165, 1.54) is 6.92 Å². The zero-order valence-corrected chi connectivity index (χ0v) is 15.2. The monoisotopic (exact) mass is 346 g/mol. The Morgan fingerprint density at radius 3 is 2.48 bits per heavy atom. The summed E-state index contributed by atoms with van der Waals surface area (Å²) in [5, 5.41) is 0. The molecule has 0 radical (unpaired) electrons. The van der Waals surface area contributed by atoms with E-state index in [-0.39, 0.29) is 30.6 Å². The molecule has 2 amide bonds. The number of rotatable bonds is 8. The Morgan fingerprint density at radius 1 is 1.20 bits per heavy atom. The molecule has 0 N–H and O–H groups in total. The van der Waals surface area contributed by atoms with Gasteiger partial charge in [-0.1, -0.05) is 13.8 Å². The minimum absolute atomic E-state index is 0.0474. The van der Waals surface area contributed by atoms with Gasteiger partial charge in [-0.3, -0.25) is 14.4 Å². The maximum absolute atomic E-state index is 12.5. The van der Waals surface area contributed by atoms with Crippen LogP contribution >= 0.6 is 0 Å². The average Bonchev–Trinajstić information content (AvgIpc) is 2.59. The maximum atomic E-state index is 12.5. The first-order valence-electron chi connectivity index (χ1n) is 8.83. The lowest BCUT2D eigenvalue weighted by molar-refractivity contribution is -0.131.